The molecule has 17 heavy (non-hydrogen) atoms. The summed E-state index contributed by atoms with van der Waals surface area (Å²) in [7, 11) is 0. The van der Waals surface area contributed by atoms with Gasteiger partial charge in [0.1, 0.15) is 12.4 Å². The van der Waals surface area contributed by atoms with Crippen LogP contribution in [0.2, 0.25) is 0 Å². The minimum absolute atomic E-state index is 0. The van der Waals surface area contributed by atoms with Gasteiger partial charge in [-0.25, -0.2) is 0 Å². The minimum Gasteiger partial charge on any atom is -0.492 e. The van der Waals surface area contributed by atoms with Crippen LogP contribution < -0.4 is 10.5 Å². The molecule has 0 saturated heterocycles. The van der Waals surface area contributed by atoms with Crippen LogP contribution in [0.3, 0.4) is 0 Å². The molecule has 0 saturated carbocycles. The summed E-state index contributed by atoms with van der Waals surface area (Å²) in [5.74, 6) is 0.964. The summed E-state index contributed by atoms with van der Waals surface area (Å²) in [6.07, 6.45) is 0.973. The molecule has 0 heterocycles. The second kappa shape index (κ2) is 6.48. The van der Waals surface area contributed by atoms with E-state index < -0.39 is 0 Å². The van der Waals surface area contributed by atoms with Crippen molar-refractivity contribution in [1.29, 1.82) is 0 Å². The lowest BCUT2D eigenvalue weighted by Crippen LogP contribution is -2.11. The number of halogens is 1. The zero-order valence-corrected chi connectivity index (χ0v) is 10.8. The molecular formula is C14H18ClNO. The predicted molar refractivity (Wildman–Crippen MR) is 75.1 cm³/mol. The Morgan fingerprint density at radius 1 is 1.12 bits per heavy atom. The zero-order chi connectivity index (χ0) is 11.4. The maximum atomic E-state index is 5.66. The number of nitrogens with two attached hydrogens (primary N) is 1. The lowest BCUT2D eigenvalue weighted by atomic mass is 10.0. The van der Waals surface area contributed by atoms with Crippen molar-refractivity contribution in [1.82, 2.24) is 0 Å². The summed E-state index contributed by atoms with van der Waals surface area (Å²) in [5.41, 5.74) is 6.73. The molecule has 2 nitrogen and oxygen atoms in total. The molecule has 0 fully saturated rings. The first-order valence-corrected chi connectivity index (χ1v) is 5.70. The Morgan fingerprint density at radius 3 is 2.59 bits per heavy atom. The van der Waals surface area contributed by atoms with Crippen LogP contribution in [0.1, 0.15) is 12.5 Å². The summed E-state index contributed by atoms with van der Waals surface area (Å²) in [6, 6.07) is 12.5. The fourth-order valence-electron chi connectivity index (χ4n) is 1.98. The van der Waals surface area contributed by atoms with Gasteiger partial charge in [0, 0.05) is 12.1 Å². The highest BCUT2D eigenvalue weighted by molar-refractivity contribution is 5.87. The maximum Gasteiger partial charge on any atom is 0.123 e. The van der Waals surface area contributed by atoms with Gasteiger partial charge in [-0.05, 0) is 23.3 Å². The molecule has 0 aliphatic rings. The van der Waals surface area contributed by atoms with Gasteiger partial charge in [0.2, 0.25) is 0 Å². The molecule has 0 amide bonds. The van der Waals surface area contributed by atoms with E-state index in [2.05, 4.69) is 37.3 Å². The first-order chi connectivity index (χ1) is 7.86. The molecule has 0 bridgehead atoms. The van der Waals surface area contributed by atoms with E-state index in [9.17, 15) is 0 Å². The smallest absolute Gasteiger partial charge is 0.123 e. The Hall–Kier alpha value is -1.25. The molecule has 2 aromatic carbocycles. The van der Waals surface area contributed by atoms with Crippen molar-refractivity contribution in [3.05, 3.63) is 42.0 Å². The molecule has 0 atom stereocenters. The molecule has 0 aromatic heterocycles. The highest BCUT2D eigenvalue weighted by Crippen LogP contribution is 2.28. The average Bonchev–Trinajstić information content (AvgIpc) is 2.35. The van der Waals surface area contributed by atoms with Crippen LogP contribution in [0, 0.1) is 0 Å². The SMILES string of the molecule is CCc1c(OCCN)ccc2ccccc12.Cl. The number of fused-ring (bicyclic) bond motifs is 1. The van der Waals surface area contributed by atoms with E-state index >= 15 is 0 Å². The normalized spacial score (nSPS) is 10.0. The van der Waals surface area contributed by atoms with Crippen molar-refractivity contribution >= 4 is 23.2 Å². The van der Waals surface area contributed by atoms with Crippen LogP contribution in [0.25, 0.3) is 10.8 Å². The van der Waals surface area contributed by atoms with Crippen LogP contribution in [-0.4, -0.2) is 13.2 Å². The number of aryl methyl sites for hydroxylation is 1. The van der Waals surface area contributed by atoms with E-state index in [4.69, 9.17) is 10.5 Å². The molecule has 92 valence electrons. The van der Waals surface area contributed by atoms with Gasteiger partial charge >= 0.3 is 0 Å². The largest absolute Gasteiger partial charge is 0.492 e. The van der Waals surface area contributed by atoms with Crippen LogP contribution in [-0.2, 0) is 6.42 Å². The number of hydrogen-bond donors (Lipinski definition) is 1. The van der Waals surface area contributed by atoms with Crippen molar-refractivity contribution in [2.75, 3.05) is 13.2 Å². The van der Waals surface area contributed by atoms with Crippen molar-refractivity contribution in [3.8, 4) is 5.75 Å². The monoisotopic (exact) mass is 251 g/mol. The van der Waals surface area contributed by atoms with Crippen LogP contribution >= 0.6 is 12.4 Å². The highest BCUT2D eigenvalue weighted by atomic mass is 35.5. The van der Waals surface area contributed by atoms with Crippen LogP contribution in [0.4, 0.5) is 0 Å². The Kier molecular flexibility index (Phi) is 5.26. The standard InChI is InChI=1S/C14H17NO.ClH/c1-2-12-13-6-4-3-5-11(13)7-8-14(12)16-10-9-15;/h3-8H,2,9-10,15H2,1H3;1H. The predicted octanol–water partition coefficient (Wildman–Crippen LogP) is 3.16. The third-order valence-corrected chi connectivity index (χ3v) is 2.73. The molecule has 2 rings (SSSR count). The van der Waals surface area contributed by atoms with Crippen LogP contribution in [0.15, 0.2) is 36.4 Å². The van der Waals surface area contributed by atoms with E-state index in [1.807, 2.05) is 6.07 Å². The Labute approximate surface area is 108 Å². The summed E-state index contributed by atoms with van der Waals surface area (Å²) >= 11 is 0. The Bertz CT molecular complexity index is 485. The third-order valence-electron chi connectivity index (χ3n) is 2.73. The topological polar surface area (TPSA) is 35.2 Å². The van der Waals surface area contributed by atoms with Gasteiger partial charge in [0.05, 0.1) is 0 Å². The van der Waals surface area contributed by atoms with Gasteiger partial charge in [0.15, 0.2) is 0 Å². The van der Waals surface area contributed by atoms with Gasteiger partial charge in [-0.3, -0.25) is 0 Å². The lowest BCUT2D eigenvalue weighted by molar-refractivity contribution is 0.326. The number of hydrogen-bond acceptors (Lipinski definition) is 2. The molecule has 0 aliphatic carbocycles. The van der Waals surface area contributed by atoms with Crippen molar-refractivity contribution < 1.29 is 4.74 Å². The number of rotatable bonds is 4. The van der Waals surface area contributed by atoms with E-state index in [0.717, 1.165) is 12.2 Å². The fourth-order valence-corrected chi connectivity index (χ4v) is 1.98. The number of ether oxygens (including phenoxy) is 1. The second-order valence-corrected chi connectivity index (χ2v) is 3.75. The quantitative estimate of drug-likeness (QED) is 0.906. The second-order valence-electron chi connectivity index (χ2n) is 3.75. The maximum absolute atomic E-state index is 5.66. The molecule has 0 radical (unpaired) electrons. The van der Waals surface area contributed by atoms with Crippen molar-refractivity contribution in [2.45, 2.75) is 13.3 Å². The molecule has 2 N–H and O–H groups in total. The van der Waals surface area contributed by atoms with Gasteiger partial charge in [0.25, 0.3) is 0 Å². The summed E-state index contributed by atoms with van der Waals surface area (Å²) in [4.78, 5) is 0. The first kappa shape index (κ1) is 13.8. The van der Waals surface area contributed by atoms with Gasteiger partial charge < -0.3 is 10.5 Å². The molecule has 0 unspecified atom stereocenters. The van der Waals surface area contributed by atoms with Crippen molar-refractivity contribution in [2.24, 2.45) is 5.73 Å². The minimum atomic E-state index is 0. The molecule has 3 heteroatoms. The molecule has 0 aliphatic heterocycles. The summed E-state index contributed by atoms with van der Waals surface area (Å²) in [6.45, 7) is 3.28. The first-order valence-electron chi connectivity index (χ1n) is 5.70. The van der Waals surface area contributed by atoms with E-state index in [0.29, 0.717) is 13.2 Å². The molecule has 0 spiro atoms. The highest BCUT2D eigenvalue weighted by Gasteiger charge is 2.06. The summed E-state index contributed by atoms with van der Waals surface area (Å²) < 4.78 is 5.66. The van der Waals surface area contributed by atoms with E-state index in [-0.39, 0.29) is 12.4 Å². The average molecular weight is 252 g/mol. The third kappa shape index (κ3) is 2.90. The van der Waals surface area contributed by atoms with Gasteiger partial charge in [-0.2, -0.15) is 0 Å². The lowest BCUT2D eigenvalue weighted by Gasteiger charge is -2.12. The van der Waals surface area contributed by atoms with Crippen molar-refractivity contribution in [3.63, 3.8) is 0 Å². The summed E-state index contributed by atoms with van der Waals surface area (Å²) in [5, 5.41) is 2.54. The molecular weight excluding hydrogens is 234 g/mol. The van der Waals surface area contributed by atoms with Crippen LogP contribution in [0.5, 0.6) is 5.75 Å². The van der Waals surface area contributed by atoms with Gasteiger partial charge in [-0.15, -0.1) is 12.4 Å². The zero-order valence-electron chi connectivity index (χ0n) is 9.98. The van der Waals surface area contributed by atoms with E-state index in [1.165, 1.54) is 16.3 Å². The van der Waals surface area contributed by atoms with Gasteiger partial charge in [-0.1, -0.05) is 37.3 Å². The fraction of sp³-hybridized carbons (Fsp3) is 0.286. The van der Waals surface area contributed by atoms with E-state index in [1.54, 1.807) is 0 Å². The number of benzene rings is 2. The Balaban J connectivity index is 0.00000144. The Morgan fingerprint density at radius 2 is 1.88 bits per heavy atom. The molecule has 2 aromatic rings.